The van der Waals surface area contributed by atoms with E-state index in [9.17, 15) is 0 Å². The Balaban J connectivity index is 2.34. The van der Waals surface area contributed by atoms with E-state index in [1.54, 1.807) is 11.0 Å². The fourth-order valence-corrected chi connectivity index (χ4v) is 2.13. The van der Waals surface area contributed by atoms with Gasteiger partial charge in [0.15, 0.2) is 5.17 Å². The molecule has 2 rings (SSSR count). The number of benzene rings is 1. The van der Waals surface area contributed by atoms with Crippen LogP contribution in [0.5, 0.6) is 0 Å². The average Bonchev–Trinajstić information content (AvgIpc) is 2.92. The second-order valence-electron chi connectivity index (χ2n) is 3.74. The fourth-order valence-electron chi connectivity index (χ4n) is 1.67. The van der Waals surface area contributed by atoms with Crippen LogP contribution < -0.4 is 11.5 Å². The molecule has 0 atom stereocenters. The number of nitrogens with zero attached hydrogens (tertiary/aromatic N) is 4. The maximum Gasteiger partial charge on any atom is 0.159 e. The zero-order valence-corrected chi connectivity index (χ0v) is 11.5. The van der Waals surface area contributed by atoms with Crippen LogP contribution in [-0.2, 0) is 6.54 Å². The smallest absolute Gasteiger partial charge is 0.159 e. The lowest BCUT2D eigenvalue weighted by Gasteiger charge is -2.08. The highest BCUT2D eigenvalue weighted by Crippen LogP contribution is 2.21. The third kappa shape index (κ3) is 3.33. The van der Waals surface area contributed by atoms with E-state index >= 15 is 0 Å². The van der Waals surface area contributed by atoms with Gasteiger partial charge in [-0.3, -0.25) is 0 Å². The summed E-state index contributed by atoms with van der Waals surface area (Å²) in [6, 6.07) is 5.72. The molecule has 0 bridgehead atoms. The monoisotopic (exact) mass is 276 g/mol. The molecule has 0 saturated carbocycles. The molecule has 6 nitrogen and oxygen atoms in total. The van der Waals surface area contributed by atoms with Gasteiger partial charge in [0.05, 0.1) is 11.4 Å². The molecule has 7 heteroatoms. The molecule has 0 fully saturated rings. The van der Waals surface area contributed by atoms with E-state index in [-0.39, 0.29) is 0 Å². The highest BCUT2D eigenvalue weighted by atomic mass is 32.2. The molecule has 0 saturated heterocycles. The number of hydrogen-bond acceptors (Lipinski definition) is 5. The first kappa shape index (κ1) is 13.6. The van der Waals surface area contributed by atoms with Crippen LogP contribution in [0.15, 0.2) is 35.8 Å². The second-order valence-corrected chi connectivity index (χ2v) is 5.02. The van der Waals surface area contributed by atoms with Crippen molar-refractivity contribution in [3.8, 4) is 5.69 Å². The third-order valence-corrected chi connectivity index (χ3v) is 3.16. The summed E-state index contributed by atoms with van der Waals surface area (Å²) < 4.78 is 1.68. The normalized spacial score (nSPS) is 11.8. The molecule has 0 aliphatic heterocycles. The minimum absolute atomic E-state index is 0.402. The predicted octanol–water partition coefficient (Wildman–Crippen LogP) is 1.43. The third-order valence-electron chi connectivity index (χ3n) is 2.48. The lowest BCUT2D eigenvalue weighted by molar-refractivity contribution is 0.857. The number of aromatic nitrogens is 3. The van der Waals surface area contributed by atoms with E-state index in [1.165, 1.54) is 18.1 Å². The zero-order valence-electron chi connectivity index (χ0n) is 10.7. The minimum Gasteiger partial charge on any atom is -0.378 e. The summed E-state index contributed by atoms with van der Waals surface area (Å²) in [6.45, 7) is 2.44. The molecule has 1 aromatic heterocycles. The first-order valence-electron chi connectivity index (χ1n) is 5.89. The van der Waals surface area contributed by atoms with Gasteiger partial charge in [-0.1, -0.05) is 18.7 Å². The highest BCUT2D eigenvalue weighted by molar-refractivity contribution is 8.13. The molecule has 0 spiro atoms. The standard InChI is InChI=1S/C12H16N6S/c1-2-19-12(14)17-10-3-4-11(9(5-10)6-13)18-8-15-7-16-18/h3-5,7-8H,2,6,13H2,1H3,(H2,14,17). The van der Waals surface area contributed by atoms with Crippen molar-refractivity contribution in [3.05, 3.63) is 36.4 Å². The van der Waals surface area contributed by atoms with Crippen molar-refractivity contribution in [1.29, 1.82) is 0 Å². The minimum atomic E-state index is 0.402. The number of thioether (sulfide) groups is 1. The summed E-state index contributed by atoms with van der Waals surface area (Å²) in [5.41, 5.74) is 14.2. The number of amidine groups is 1. The van der Waals surface area contributed by atoms with E-state index in [0.29, 0.717) is 11.7 Å². The quantitative estimate of drug-likeness (QED) is 0.650. The molecule has 100 valence electrons. The van der Waals surface area contributed by atoms with Crippen molar-refractivity contribution < 1.29 is 0 Å². The molecule has 19 heavy (non-hydrogen) atoms. The van der Waals surface area contributed by atoms with Gasteiger partial charge in [-0.15, -0.1) is 0 Å². The van der Waals surface area contributed by atoms with Crippen molar-refractivity contribution >= 4 is 22.6 Å². The largest absolute Gasteiger partial charge is 0.378 e. The highest BCUT2D eigenvalue weighted by Gasteiger charge is 2.05. The first-order valence-corrected chi connectivity index (χ1v) is 6.88. The second kappa shape index (κ2) is 6.35. The lowest BCUT2D eigenvalue weighted by Crippen LogP contribution is -2.07. The average molecular weight is 276 g/mol. The molecule has 1 heterocycles. The Bertz CT molecular complexity index is 564. The van der Waals surface area contributed by atoms with E-state index in [1.807, 2.05) is 25.1 Å². The molecule has 0 aliphatic carbocycles. The fraction of sp³-hybridized carbons (Fsp3) is 0.250. The Labute approximate surface area is 115 Å². The molecular formula is C12H16N6S. The summed E-state index contributed by atoms with van der Waals surface area (Å²) in [7, 11) is 0. The lowest BCUT2D eigenvalue weighted by atomic mass is 10.1. The summed E-state index contributed by atoms with van der Waals surface area (Å²) >= 11 is 1.51. The van der Waals surface area contributed by atoms with Gasteiger partial charge in [-0.05, 0) is 29.5 Å². The summed E-state index contributed by atoms with van der Waals surface area (Å²) in [5.74, 6) is 0.899. The van der Waals surface area contributed by atoms with Crippen molar-refractivity contribution in [2.24, 2.45) is 16.5 Å². The topological polar surface area (TPSA) is 95.1 Å². The number of nitrogens with two attached hydrogens (primary N) is 2. The van der Waals surface area contributed by atoms with Crippen molar-refractivity contribution in [1.82, 2.24) is 14.8 Å². The van der Waals surface area contributed by atoms with E-state index < -0.39 is 0 Å². The van der Waals surface area contributed by atoms with Gasteiger partial charge in [0.1, 0.15) is 12.7 Å². The van der Waals surface area contributed by atoms with Gasteiger partial charge >= 0.3 is 0 Å². The number of aliphatic imine (C=N–C) groups is 1. The van der Waals surface area contributed by atoms with E-state index in [0.717, 1.165) is 22.7 Å². The molecule has 4 N–H and O–H groups in total. The van der Waals surface area contributed by atoms with Crippen LogP contribution in [0.25, 0.3) is 5.69 Å². The molecule has 0 unspecified atom stereocenters. The van der Waals surface area contributed by atoms with E-state index in [4.69, 9.17) is 11.5 Å². The molecule has 2 aromatic rings. The van der Waals surface area contributed by atoms with Crippen LogP contribution in [0.4, 0.5) is 5.69 Å². The van der Waals surface area contributed by atoms with Gasteiger partial charge in [-0.2, -0.15) is 5.10 Å². The SMILES string of the molecule is CCSC(N)=Nc1ccc(-n2cncn2)c(CN)c1. The van der Waals surface area contributed by atoms with Crippen molar-refractivity contribution in [2.75, 3.05) is 5.75 Å². The van der Waals surface area contributed by atoms with Crippen molar-refractivity contribution in [3.63, 3.8) is 0 Å². The Morgan fingerprint density at radius 3 is 2.95 bits per heavy atom. The molecule has 1 aromatic carbocycles. The van der Waals surface area contributed by atoms with Gasteiger partial charge < -0.3 is 11.5 Å². The van der Waals surface area contributed by atoms with E-state index in [2.05, 4.69) is 15.1 Å². The molecule has 0 aliphatic rings. The van der Waals surface area contributed by atoms with Gasteiger partial charge in [0.25, 0.3) is 0 Å². The van der Waals surface area contributed by atoms with Crippen LogP contribution >= 0.6 is 11.8 Å². The van der Waals surface area contributed by atoms with Crippen LogP contribution in [-0.4, -0.2) is 25.7 Å². The Hall–Kier alpha value is -1.86. The first-order chi connectivity index (χ1) is 9.24. The number of rotatable bonds is 4. The molecule has 0 amide bonds. The van der Waals surface area contributed by atoms with Crippen LogP contribution in [0, 0.1) is 0 Å². The summed E-state index contributed by atoms with van der Waals surface area (Å²) in [6.07, 6.45) is 3.13. The maximum absolute atomic E-state index is 5.79. The van der Waals surface area contributed by atoms with Gasteiger partial charge in [0.2, 0.25) is 0 Å². The van der Waals surface area contributed by atoms with Crippen molar-refractivity contribution in [2.45, 2.75) is 13.5 Å². The number of hydrogen-bond donors (Lipinski definition) is 2. The van der Waals surface area contributed by atoms with Crippen LogP contribution in [0.1, 0.15) is 12.5 Å². The summed E-state index contributed by atoms with van der Waals surface area (Å²) in [5, 5.41) is 4.66. The Kier molecular flexibility index (Phi) is 4.53. The molecule has 0 radical (unpaired) electrons. The Morgan fingerprint density at radius 2 is 2.32 bits per heavy atom. The van der Waals surface area contributed by atoms with Crippen LogP contribution in [0.3, 0.4) is 0 Å². The van der Waals surface area contributed by atoms with Gasteiger partial charge in [-0.25, -0.2) is 14.7 Å². The zero-order chi connectivity index (χ0) is 13.7. The predicted molar refractivity (Wildman–Crippen MR) is 78.7 cm³/mol. The van der Waals surface area contributed by atoms with Gasteiger partial charge in [0, 0.05) is 6.54 Å². The molecular weight excluding hydrogens is 260 g/mol. The Morgan fingerprint density at radius 1 is 1.47 bits per heavy atom. The maximum atomic E-state index is 5.79. The van der Waals surface area contributed by atoms with Crippen LogP contribution in [0.2, 0.25) is 0 Å². The summed E-state index contributed by atoms with van der Waals surface area (Å²) in [4.78, 5) is 8.27.